The van der Waals surface area contributed by atoms with Gasteiger partial charge >= 0.3 is 0 Å². The number of hydrogen-bond acceptors (Lipinski definition) is 0. The van der Waals surface area contributed by atoms with Crippen molar-refractivity contribution in [3.8, 4) is 0 Å². The lowest BCUT2D eigenvalue weighted by Gasteiger charge is -2.21. The van der Waals surface area contributed by atoms with Crippen LogP contribution in [-0.2, 0) is 0 Å². The molecule has 0 N–H and O–H groups in total. The van der Waals surface area contributed by atoms with Gasteiger partial charge in [0.05, 0.1) is 10.4 Å². The Morgan fingerprint density at radius 3 is 2.39 bits per heavy atom. The Kier molecular flexibility index (Phi) is 5.35. The van der Waals surface area contributed by atoms with Gasteiger partial charge in [-0.3, -0.25) is 0 Å². The molecule has 1 atom stereocenters. The molecule has 100 valence electrons. The second kappa shape index (κ2) is 6.58. The molecule has 1 aliphatic rings. The first-order valence-electron chi connectivity index (χ1n) is 6.38. The van der Waals surface area contributed by atoms with E-state index < -0.39 is 0 Å². The molecule has 0 bridgehead atoms. The van der Waals surface area contributed by atoms with Crippen molar-refractivity contribution in [1.82, 2.24) is 0 Å². The van der Waals surface area contributed by atoms with Gasteiger partial charge in [0.1, 0.15) is 5.82 Å². The summed E-state index contributed by atoms with van der Waals surface area (Å²) in [6.07, 6.45) is 7.09. The first kappa shape index (κ1) is 14.6. The molecular weight excluding hydrogens is 338 g/mol. The van der Waals surface area contributed by atoms with Gasteiger partial charge < -0.3 is 0 Å². The molecule has 0 nitrogen and oxygen atoms in total. The van der Waals surface area contributed by atoms with Crippen LogP contribution in [0.5, 0.6) is 0 Å². The van der Waals surface area contributed by atoms with Crippen molar-refractivity contribution in [3.05, 3.63) is 33.0 Å². The molecule has 0 heterocycles. The zero-order valence-electron chi connectivity index (χ0n) is 10.1. The summed E-state index contributed by atoms with van der Waals surface area (Å²) in [6.45, 7) is 0. The Morgan fingerprint density at radius 1 is 1.17 bits per heavy atom. The third-order valence-electron chi connectivity index (χ3n) is 3.65. The minimum Gasteiger partial charge on any atom is -0.207 e. The quantitative estimate of drug-likeness (QED) is 0.323. The van der Waals surface area contributed by atoms with Crippen molar-refractivity contribution >= 4 is 39.1 Å². The standard InChI is InChI=1S/C14H16BrCl2F/c15-11-8-13(18)10(7-12(11)16)14(17)9-5-3-1-2-4-6-9/h7-9,14H,1-6H2. The predicted octanol–water partition coefficient (Wildman–Crippen LogP) is 6.49. The van der Waals surface area contributed by atoms with Crippen LogP contribution in [0.1, 0.15) is 49.5 Å². The molecule has 18 heavy (non-hydrogen) atoms. The summed E-state index contributed by atoms with van der Waals surface area (Å²) >= 11 is 15.7. The van der Waals surface area contributed by atoms with E-state index >= 15 is 0 Å². The van der Waals surface area contributed by atoms with Crippen molar-refractivity contribution < 1.29 is 4.39 Å². The Morgan fingerprint density at radius 2 is 1.78 bits per heavy atom. The summed E-state index contributed by atoms with van der Waals surface area (Å²) in [5, 5.41) is 0.249. The SMILES string of the molecule is Fc1cc(Br)c(Cl)cc1C(Cl)C1CCCCCC1. The highest BCUT2D eigenvalue weighted by atomic mass is 79.9. The molecule has 1 aromatic rings. The van der Waals surface area contributed by atoms with Crippen LogP contribution in [0.4, 0.5) is 4.39 Å². The molecular formula is C14H16BrCl2F. The summed E-state index contributed by atoms with van der Waals surface area (Å²) in [5.74, 6) is 0.0939. The van der Waals surface area contributed by atoms with Gasteiger partial charge in [0.15, 0.2) is 0 Å². The van der Waals surface area contributed by atoms with E-state index in [1.54, 1.807) is 6.07 Å². The molecule has 4 heteroatoms. The van der Waals surface area contributed by atoms with E-state index in [0.29, 0.717) is 21.0 Å². The van der Waals surface area contributed by atoms with E-state index in [2.05, 4.69) is 15.9 Å². The van der Waals surface area contributed by atoms with Crippen molar-refractivity contribution in [3.63, 3.8) is 0 Å². The van der Waals surface area contributed by atoms with Crippen LogP contribution in [0.2, 0.25) is 5.02 Å². The van der Waals surface area contributed by atoms with Gasteiger partial charge in [0.25, 0.3) is 0 Å². The summed E-state index contributed by atoms with van der Waals surface area (Å²) in [7, 11) is 0. The van der Waals surface area contributed by atoms with E-state index in [1.807, 2.05) is 0 Å². The number of alkyl halides is 1. The minimum absolute atomic E-state index is 0.268. The highest BCUT2D eigenvalue weighted by Gasteiger charge is 2.25. The molecule has 0 saturated heterocycles. The number of hydrogen-bond donors (Lipinski definition) is 0. The third kappa shape index (κ3) is 3.40. The Balaban J connectivity index is 2.21. The average molecular weight is 354 g/mol. The predicted molar refractivity (Wildman–Crippen MR) is 78.9 cm³/mol. The van der Waals surface area contributed by atoms with Gasteiger partial charge in [-0.05, 0) is 46.8 Å². The van der Waals surface area contributed by atoms with Crippen molar-refractivity contribution in [1.29, 1.82) is 0 Å². The van der Waals surface area contributed by atoms with Gasteiger partial charge in [-0.1, -0.05) is 37.3 Å². The molecule has 1 aromatic carbocycles. The van der Waals surface area contributed by atoms with Gasteiger partial charge in [-0.25, -0.2) is 4.39 Å². The van der Waals surface area contributed by atoms with E-state index in [-0.39, 0.29) is 11.2 Å². The Hall–Kier alpha value is 0.210. The molecule has 1 saturated carbocycles. The molecule has 0 aliphatic heterocycles. The van der Waals surface area contributed by atoms with E-state index in [4.69, 9.17) is 23.2 Å². The summed E-state index contributed by atoms with van der Waals surface area (Å²) in [4.78, 5) is 0. The van der Waals surface area contributed by atoms with Crippen LogP contribution in [0, 0.1) is 11.7 Å². The van der Waals surface area contributed by atoms with Crippen LogP contribution in [0.15, 0.2) is 16.6 Å². The van der Waals surface area contributed by atoms with Gasteiger partial charge in [-0.2, -0.15) is 0 Å². The lowest BCUT2D eigenvalue weighted by atomic mass is 9.91. The van der Waals surface area contributed by atoms with E-state index in [0.717, 1.165) is 12.8 Å². The lowest BCUT2D eigenvalue weighted by Crippen LogP contribution is -2.09. The van der Waals surface area contributed by atoms with E-state index in [9.17, 15) is 4.39 Å². The molecule has 1 aliphatic carbocycles. The molecule has 0 aromatic heterocycles. The molecule has 0 amide bonds. The molecule has 0 radical (unpaired) electrons. The van der Waals surface area contributed by atoms with E-state index in [1.165, 1.54) is 31.7 Å². The topological polar surface area (TPSA) is 0 Å². The first-order chi connectivity index (χ1) is 8.59. The molecule has 0 spiro atoms. The number of halogens is 4. The van der Waals surface area contributed by atoms with Crippen molar-refractivity contribution in [2.45, 2.75) is 43.9 Å². The van der Waals surface area contributed by atoms with Crippen LogP contribution in [-0.4, -0.2) is 0 Å². The van der Waals surface area contributed by atoms with Crippen molar-refractivity contribution in [2.24, 2.45) is 5.92 Å². The van der Waals surface area contributed by atoms with Gasteiger partial charge in [0.2, 0.25) is 0 Å². The molecule has 2 rings (SSSR count). The highest BCUT2D eigenvalue weighted by molar-refractivity contribution is 9.10. The van der Waals surface area contributed by atoms with Crippen LogP contribution in [0.25, 0.3) is 0 Å². The molecule has 1 unspecified atom stereocenters. The van der Waals surface area contributed by atoms with Gasteiger partial charge in [-0.15, -0.1) is 11.6 Å². The monoisotopic (exact) mass is 352 g/mol. The minimum atomic E-state index is -0.270. The highest BCUT2D eigenvalue weighted by Crippen LogP contribution is 2.40. The lowest BCUT2D eigenvalue weighted by molar-refractivity contribution is 0.435. The second-order valence-corrected chi connectivity index (χ2v) is 6.67. The largest absolute Gasteiger partial charge is 0.207 e. The average Bonchev–Trinajstić information content (AvgIpc) is 2.61. The maximum absolute atomic E-state index is 14.0. The van der Waals surface area contributed by atoms with Crippen LogP contribution >= 0.6 is 39.1 Å². The Bertz CT molecular complexity index is 415. The summed E-state index contributed by atoms with van der Waals surface area (Å²) in [6, 6.07) is 3.06. The molecule has 1 fully saturated rings. The van der Waals surface area contributed by atoms with Crippen LogP contribution < -0.4 is 0 Å². The Labute approximate surface area is 126 Å². The summed E-state index contributed by atoms with van der Waals surface area (Å²) < 4.78 is 14.5. The second-order valence-electron chi connectivity index (χ2n) is 4.94. The zero-order valence-corrected chi connectivity index (χ0v) is 13.2. The third-order valence-corrected chi connectivity index (χ3v) is 5.44. The smallest absolute Gasteiger partial charge is 0.129 e. The maximum atomic E-state index is 14.0. The fraction of sp³-hybridized carbons (Fsp3) is 0.571. The number of benzene rings is 1. The maximum Gasteiger partial charge on any atom is 0.129 e. The van der Waals surface area contributed by atoms with Crippen molar-refractivity contribution in [2.75, 3.05) is 0 Å². The fourth-order valence-electron chi connectivity index (χ4n) is 2.61. The summed E-state index contributed by atoms with van der Waals surface area (Å²) in [5.41, 5.74) is 0.539. The first-order valence-corrected chi connectivity index (χ1v) is 7.99. The van der Waals surface area contributed by atoms with Crippen LogP contribution in [0.3, 0.4) is 0 Å². The number of rotatable bonds is 2. The van der Waals surface area contributed by atoms with Gasteiger partial charge in [0, 0.05) is 10.0 Å². The normalized spacial score (nSPS) is 19.6. The fourth-order valence-corrected chi connectivity index (χ4v) is 3.51. The zero-order chi connectivity index (χ0) is 13.1.